The van der Waals surface area contributed by atoms with Crippen LogP contribution in [0.1, 0.15) is 5.69 Å². The number of hydrazone groups is 1. The molecule has 0 spiro atoms. The maximum Gasteiger partial charge on any atom is 0.118 e. The molecule has 0 amide bonds. The van der Waals surface area contributed by atoms with Gasteiger partial charge < -0.3 is 0 Å². The molecular formula is C9H8N4S. The standard InChI is InChI=1S/C9H8N4S/c1-2-4-8(5-3-1)11-10-6-9-7-14-13-12-9/h1-7,11H. The lowest BCUT2D eigenvalue weighted by Gasteiger charge is -1.96. The van der Waals surface area contributed by atoms with Crippen LogP contribution in [-0.2, 0) is 0 Å². The average molecular weight is 204 g/mol. The Bertz CT molecular complexity index is 396. The third-order valence-electron chi connectivity index (χ3n) is 1.54. The SMILES string of the molecule is C(=NNc1ccccc1)c1csnn1. The molecule has 0 fully saturated rings. The van der Waals surface area contributed by atoms with Crippen molar-refractivity contribution in [1.82, 2.24) is 9.59 Å². The molecule has 14 heavy (non-hydrogen) atoms. The number of nitrogens with zero attached hydrogens (tertiary/aromatic N) is 3. The number of anilines is 1. The Balaban J connectivity index is 1.95. The van der Waals surface area contributed by atoms with Crippen molar-refractivity contribution in [3.8, 4) is 0 Å². The molecule has 0 unspecified atom stereocenters. The second kappa shape index (κ2) is 4.48. The van der Waals surface area contributed by atoms with Crippen molar-refractivity contribution < 1.29 is 0 Å². The predicted molar refractivity (Wildman–Crippen MR) is 57.6 cm³/mol. The van der Waals surface area contributed by atoms with E-state index in [1.807, 2.05) is 35.7 Å². The first-order valence-corrected chi connectivity index (χ1v) is 4.90. The predicted octanol–water partition coefficient (Wildman–Crippen LogP) is 1.98. The van der Waals surface area contributed by atoms with Crippen molar-refractivity contribution >= 4 is 23.4 Å². The van der Waals surface area contributed by atoms with Gasteiger partial charge in [-0.2, -0.15) is 5.10 Å². The van der Waals surface area contributed by atoms with E-state index in [0.29, 0.717) is 0 Å². The van der Waals surface area contributed by atoms with Gasteiger partial charge in [0.25, 0.3) is 0 Å². The molecule has 2 aromatic rings. The largest absolute Gasteiger partial charge is 0.278 e. The van der Waals surface area contributed by atoms with Crippen molar-refractivity contribution in [2.75, 3.05) is 5.43 Å². The highest BCUT2D eigenvalue weighted by molar-refractivity contribution is 7.03. The van der Waals surface area contributed by atoms with Crippen LogP contribution in [0.25, 0.3) is 0 Å². The molecule has 70 valence electrons. The van der Waals surface area contributed by atoms with Gasteiger partial charge in [0.1, 0.15) is 5.69 Å². The third-order valence-corrected chi connectivity index (χ3v) is 2.06. The smallest absolute Gasteiger partial charge is 0.118 e. The molecule has 2 rings (SSSR count). The third kappa shape index (κ3) is 2.37. The average Bonchev–Trinajstić information content (AvgIpc) is 2.72. The summed E-state index contributed by atoms with van der Waals surface area (Å²) in [5.41, 5.74) is 4.60. The maximum atomic E-state index is 4.01. The maximum absolute atomic E-state index is 4.01. The summed E-state index contributed by atoms with van der Waals surface area (Å²) in [6, 6.07) is 9.73. The van der Waals surface area contributed by atoms with Crippen LogP contribution < -0.4 is 5.43 Å². The van der Waals surface area contributed by atoms with Crippen LogP contribution in [0.3, 0.4) is 0 Å². The number of hydrogen-bond donors (Lipinski definition) is 1. The molecule has 0 radical (unpaired) electrons. The molecule has 1 heterocycles. The van der Waals surface area contributed by atoms with Gasteiger partial charge in [-0.05, 0) is 23.7 Å². The first-order chi connectivity index (χ1) is 6.95. The quantitative estimate of drug-likeness (QED) is 0.614. The van der Waals surface area contributed by atoms with E-state index in [9.17, 15) is 0 Å². The summed E-state index contributed by atoms with van der Waals surface area (Å²) in [6.45, 7) is 0. The van der Waals surface area contributed by atoms with Gasteiger partial charge >= 0.3 is 0 Å². The van der Waals surface area contributed by atoms with Gasteiger partial charge in [0.05, 0.1) is 11.9 Å². The zero-order chi connectivity index (χ0) is 9.64. The lowest BCUT2D eigenvalue weighted by Crippen LogP contribution is -1.90. The van der Waals surface area contributed by atoms with Gasteiger partial charge in [-0.15, -0.1) is 5.10 Å². The van der Waals surface area contributed by atoms with Crippen LogP contribution in [0.15, 0.2) is 40.8 Å². The summed E-state index contributed by atoms with van der Waals surface area (Å²) < 4.78 is 3.72. The van der Waals surface area contributed by atoms with E-state index in [2.05, 4.69) is 20.1 Å². The molecular weight excluding hydrogens is 196 g/mol. The summed E-state index contributed by atoms with van der Waals surface area (Å²) in [4.78, 5) is 0. The molecule has 1 aromatic carbocycles. The Labute approximate surface area is 85.5 Å². The minimum atomic E-state index is 0.762. The normalized spacial score (nSPS) is 10.6. The summed E-state index contributed by atoms with van der Waals surface area (Å²) in [6.07, 6.45) is 1.64. The van der Waals surface area contributed by atoms with Crippen molar-refractivity contribution in [3.63, 3.8) is 0 Å². The van der Waals surface area contributed by atoms with Crippen LogP contribution in [-0.4, -0.2) is 15.8 Å². The van der Waals surface area contributed by atoms with Crippen molar-refractivity contribution in [2.45, 2.75) is 0 Å². The molecule has 0 saturated carbocycles. The van der Waals surface area contributed by atoms with Gasteiger partial charge in [-0.25, -0.2) is 0 Å². The minimum absolute atomic E-state index is 0.762. The van der Waals surface area contributed by atoms with E-state index in [1.165, 1.54) is 11.5 Å². The Kier molecular flexibility index (Phi) is 2.82. The molecule has 0 atom stereocenters. The first kappa shape index (κ1) is 8.83. The van der Waals surface area contributed by atoms with Crippen LogP contribution >= 0.6 is 11.5 Å². The molecule has 1 N–H and O–H groups in total. The second-order valence-electron chi connectivity index (χ2n) is 2.57. The molecule has 0 saturated heterocycles. The van der Waals surface area contributed by atoms with Gasteiger partial charge in [-0.1, -0.05) is 22.7 Å². The number of benzene rings is 1. The minimum Gasteiger partial charge on any atom is -0.278 e. The number of aromatic nitrogens is 2. The molecule has 0 aliphatic carbocycles. The van der Waals surface area contributed by atoms with Crippen LogP contribution in [0, 0.1) is 0 Å². The highest BCUT2D eigenvalue weighted by Crippen LogP contribution is 2.04. The number of rotatable bonds is 3. The van der Waals surface area contributed by atoms with E-state index in [4.69, 9.17) is 0 Å². The summed E-state index contributed by atoms with van der Waals surface area (Å²) in [7, 11) is 0. The topological polar surface area (TPSA) is 50.2 Å². The highest BCUT2D eigenvalue weighted by atomic mass is 32.1. The zero-order valence-electron chi connectivity index (χ0n) is 7.29. The van der Waals surface area contributed by atoms with Gasteiger partial charge in [0.2, 0.25) is 0 Å². The van der Waals surface area contributed by atoms with Crippen molar-refractivity contribution in [1.29, 1.82) is 0 Å². The molecule has 5 heteroatoms. The van der Waals surface area contributed by atoms with Crippen molar-refractivity contribution in [3.05, 3.63) is 41.4 Å². The van der Waals surface area contributed by atoms with E-state index in [1.54, 1.807) is 6.21 Å². The number of para-hydroxylation sites is 1. The summed E-state index contributed by atoms with van der Waals surface area (Å²) in [5.74, 6) is 0. The Hall–Kier alpha value is -1.75. The lowest BCUT2D eigenvalue weighted by molar-refractivity contribution is 1.14. The summed E-state index contributed by atoms with van der Waals surface area (Å²) in [5, 5.41) is 9.67. The molecule has 0 aliphatic rings. The zero-order valence-corrected chi connectivity index (χ0v) is 8.11. The Morgan fingerprint density at radius 2 is 2.14 bits per heavy atom. The van der Waals surface area contributed by atoms with Crippen molar-refractivity contribution in [2.24, 2.45) is 5.10 Å². The molecule has 4 nitrogen and oxygen atoms in total. The lowest BCUT2D eigenvalue weighted by atomic mass is 10.3. The molecule has 0 bridgehead atoms. The fourth-order valence-electron chi connectivity index (χ4n) is 0.914. The Morgan fingerprint density at radius 3 is 2.86 bits per heavy atom. The van der Waals surface area contributed by atoms with E-state index < -0.39 is 0 Å². The van der Waals surface area contributed by atoms with Gasteiger partial charge in [0, 0.05) is 5.38 Å². The van der Waals surface area contributed by atoms with Gasteiger partial charge in [0.15, 0.2) is 0 Å². The molecule has 0 aliphatic heterocycles. The van der Waals surface area contributed by atoms with Gasteiger partial charge in [-0.3, -0.25) is 5.43 Å². The number of hydrogen-bond acceptors (Lipinski definition) is 5. The fourth-order valence-corrected chi connectivity index (χ4v) is 1.32. The second-order valence-corrected chi connectivity index (χ2v) is 3.18. The van der Waals surface area contributed by atoms with E-state index in [0.717, 1.165) is 11.4 Å². The van der Waals surface area contributed by atoms with Crippen LogP contribution in [0.2, 0.25) is 0 Å². The molecule has 1 aromatic heterocycles. The van der Waals surface area contributed by atoms with Crippen LogP contribution in [0.5, 0.6) is 0 Å². The first-order valence-electron chi connectivity index (χ1n) is 4.06. The van der Waals surface area contributed by atoms with Crippen LogP contribution in [0.4, 0.5) is 5.69 Å². The fraction of sp³-hybridized carbons (Fsp3) is 0. The van der Waals surface area contributed by atoms with E-state index >= 15 is 0 Å². The monoisotopic (exact) mass is 204 g/mol. The summed E-state index contributed by atoms with van der Waals surface area (Å²) >= 11 is 1.31. The highest BCUT2D eigenvalue weighted by Gasteiger charge is 1.89. The number of nitrogens with one attached hydrogen (secondary N) is 1. The Morgan fingerprint density at radius 1 is 1.29 bits per heavy atom. The van der Waals surface area contributed by atoms with E-state index in [-0.39, 0.29) is 0 Å².